The summed E-state index contributed by atoms with van der Waals surface area (Å²) in [5.74, 6) is -3.08. The molecule has 0 amide bonds. The van der Waals surface area contributed by atoms with Crippen molar-refractivity contribution in [3.63, 3.8) is 0 Å². The zero-order chi connectivity index (χ0) is 27.6. The van der Waals surface area contributed by atoms with Crippen molar-refractivity contribution in [2.24, 2.45) is 0 Å². The summed E-state index contributed by atoms with van der Waals surface area (Å²) in [6.45, 7) is 3.59. The number of hydrogen-bond acceptors (Lipinski definition) is 4. The molecule has 2 N–H and O–H groups in total. The van der Waals surface area contributed by atoms with Gasteiger partial charge in [-0.05, 0) is 38.5 Å². The molecule has 0 aromatic carbocycles. The molecule has 0 heterocycles. The first-order valence-corrected chi connectivity index (χ1v) is 14.9. The quantitative estimate of drug-likeness (QED) is 0.0724. The van der Waals surface area contributed by atoms with E-state index in [9.17, 15) is 19.5 Å². The van der Waals surface area contributed by atoms with Gasteiger partial charge in [-0.15, -0.1) is 0 Å². The highest BCUT2D eigenvalue weighted by Gasteiger charge is 2.28. The van der Waals surface area contributed by atoms with Gasteiger partial charge in [0.15, 0.2) is 0 Å². The molecule has 0 aliphatic rings. The fourth-order valence-electron chi connectivity index (χ4n) is 4.89. The number of aliphatic carboxylic acids is 3. The van der Waals surface area contributed by atoms with Gasteiger partial charge in [0, 0.05) is 12.4 Å². The minimum absolute atomic E-state index is 0.0957. The zero-order valence-electron chi connectivity index (χ0n) is 23.6. The number of carboxylic acids is 3. The van der Waals surface area contributed by atoms with Gasteiger partial charge in [0.2, 0.25) is 0 Å². The van der Waals surface area contributed by atoms with Gasteiger partial charge in [-0.3, -0.25) is 9.59 Å². The van der Waals surface area contributed by atoms with E-state index in [0.29, 0.717) is 6.54 Å². The summed E-state index contributed by atoms with van der Waals surface area (Å²) in [6.07, 6.45) is 25.3. The van der Waals surface area contributed by atoms with Crippen LogP contribution < -0.4 is 5.11 Å². The molecular formula is C30H55NO6. The van der Waals surface area contributed by atoms with E-state index in [2.05, 4.69) is 19.1 Å². The van der Waals surface area contributed by atoms with Crippen molar-refractivity contribution in [2.45, 2.75) is 135 Å². The van der Waals surface area contributed by atoms with Gasteiger partial charge in [-0.2, -0.15) is 0 Å². The lowest BCUT2D eigenvalue weighted by Gasteiger charge is -2.38. The molecule has 216 valence electrons. The highest BCUT2D eigenvalue weighted by atomic mass is 16.4. The molecule has 0 aromatic rings. The van der Waals surface area contributed by atoms with Crippen LogP contribution in [0.2, 0.25) is 0 Å². The monoisotopic (exact) mass is 525 g/mol. The first-order chi connectivity index (χ1) is 17.8. The number of carbonyl (C=O) groups is 3. The van der Waals surface area contributed by atoms with Crippen LogP contribution in [0, 0.1) is 0 Å². The summed E-state index contributed by atoms with van der Waals surface area (Å²) in [4.78, 5) is 33.2. The van der Waals surface area contributed by atoms with Crippen LogP contribution in [0.25, 0.3) is 0 Å². The highest BCUT2D eigenvalue weighted by Crippen LogP contribution is 2.17. The van der Waals surface area contributed by atoms with Gasteiger partial charge < -0.3 is 24.6 Å². The number of hydrogen-bond donors (Lipinski definition) is 2. The average Bonchev–Trinajstić information content (AvgIpc) is 2.85. The fourth-order valence-corrected chi connectivity index (χ4v) is 4.89. The van der Waals surface area contributed by atoms with Crippen LogP contribution in [0.1, 0.15) is 135 Å². The van der Waals surface area contributed by atoms with Crippen molar-refractivity contribution in [1.82, 2.24) is 0 Å². The zero-order valence-corrected chi connectivity index (χ0v) is 23.6. The van der Waals surface area contributed by atoms with Crippen molar-refractivity contribution in [3.8, 4) is 0 Å². The Labute approximate surface area is 225 Å². The Morgan fingerprint density at radius 2 is 0.946 bits per heavy atom. The van der Waals surface area contributed by atoms with Crippen molar-refractivity contribution < 1.29 is 34.2 Å². The lowest BCUT2D eigenvalue weighted by Crippen LogP contribution is -2.53. The summed E-state index contributed by atoms with van der Waals surface area (Å²) >= 11 is 0. The van der Waals surface area contributed by atoms with E-state index in [4.69, 9.17) is 10.2 Å². The Bertz CT molecular complexity index is 574. The molecule has 37 heavy (non-hydrogen) atoms. The standard InChI is InChI=1S/C30H55NO6/c1-2-3-4-5-6-7-8-9-10-11-12-13-14-15-16-17-18-19-20-24-31(25-21-28(32)33,26-22-29(34)35)27-23-30(36)37/h9-10H,2-8,11-27H2,1H3,(H2-,32,33,34,35,36,37)/b10-9+. The molecule has 0 rings (SSSR count). The predicted octanol–water partition coefficient (Wildman–Crippen LogP) is 6.10. The molecule has 0 fully saturated rings. The second-order valence-electron chi connectivity index (χ2n) is 10.6. The van der Waals surface area contributed by atoms with Crippen molar-refractivity contribution >= 4 is 17.9 Å². The predicted molar refractivity (Wildman–Crippen MR) is 147 cm³/mol. The van der Waals surface area contributed by atoms with Gasteiger partial charge >= 0.3 is 11.9 Å². The van der Waals surface area contributed by atoms with Crippen LogP contribution in [0.15, 0.2) is 12.2 Å². The molecule has 0 saturated heterocycles. The number of unbranched alkanes of at least 4 members (excludes halogenated alkanes) is 15. The molecule has 0 unspecified atom stereocenters. The minimum atomic E-state index is -1.18. The van der Waals surface area contributed by atoms with Crippen LogP contribution in [-0.4, -0.2) is 58.8 Å². The molecule has 0 saturated carbocycles. The Balaban J connectivity index is 3.96. The van der Waals surface area contributed by atoms with Gasteiger partial charge in [-0.25, -0.2) is 0 Å². The average molecular weight is 526 g/mol. The van der Waals surface area contributed by atoms with Crippen LogP contribution >= 0.6 is 0 Å². The molecule has 0 radical (unpaired) electrons. The van der Waals surface area contributed by atoms with E-state index in [1.165, 1.54) is 89.9 Å². The van der Waals surface area contributed by atoms with Gasteiger partial charge in [0.25, 0.3) is 0 Å². The minimum Gasteiger partial charge on any atom is -0.550 e. The second-order valence-corrected chi connectivity index (χ2v) is 10.6. The van der Waals surface area contributed by atoms with E-state index >= 15 is 0 Å². The molecule has 7 nitrogen and oxygen atoms in total. The van der Waals surface area contributed by atoms with Crippen molar-refractivity contribution in [2.75, 3.05) is 26.2 Å². The Hall–Kier alpha value is -1.89. The van der Waals surface area contributed by atoms with E-state index in [1.807, 2.05) is 0 Å². The Kier molecular flexibility index (Phi) is 23.2. The van der Waals surface area contributed by atoms with E-state index < -0.39 is 17.9 Å². The number of carbonyl (C=O) groups excluding carboxylic acids is 1. The SMILES string of the molecule is CCCCCCCC/C=C/CCCCCCCCCCC[N+](CCC(=O)[O-])(CCC(=O)O)CCC(=O)O. The fraction of sp³-hybridized carbons (Fsp3) is 0.833. The van der Waals surface area contributed by atoms with Gasteiger partial charge in [0.1, 0.15) is 0 Å². The van der Waals surface area contributed by atoms with Crippen LogP contribution in [0.3, 0.4) is 0 Å². The number of quaternary nitrogens is 1. The lowest BCUT2D eigenvalue weighted by atomic mass is 10.1. The number of nitrogens with zero attached hydrogens (tertiary/aromatic N) is 1. The summed E-state index contributed by atoms with van der Waals surface area (Å²) < 4.78 is 0.222. The second kappa shape index (κ2) is 24.4. The van der Waals surface area contributed by atoms with Crippen molar-refractivity contribution in [3.05, 3.63) is 12.2 Å². The lowest BCUT2D eigenvalue weighted by molar-refractivity contribution is -0.927. The third-order valence-corrected chi connectivity index (χ3v) is 7.28. The third kappa shape index (κ3) is 24.2. The van der Waals surface area contributed by atoms with E-state index in [1.54, 1.807) is 0 Å². The van der Waals surface area contributed by atoms with E-state index in [-0.39, 0.29) is 43.4 Å². The van der Waals surface area contributed by atoms with E-state index in [0.717, 1.165) is 19.3 Å². The topological polar surface area (TPSA) is 115 Å². The molecule has 0 atom stereocenters. The molecule has 0 aliphatic carbocycles. The van der Waals surface area contributed by atoms with Crippen LogP contribution in [0.5, 0.6) is 0 Å². The maximum absolute atomic E-state index is 11.1. The maximum Gasteiger partial charge on any atom is 0.309 e. The Morgan fingerprint density at radius 1 is 0.568 bits per heavy atom. The molecule has 0 bridgehead atoms. The molecule has 7 heteroatoms. The number of allylic oxidation sites excluding steroid dienone is 2. The summed E-state index contributed by atoms with van der Waals surface area (Å²) in [6, 6.07) is 0. The molecule has 0 spiro atoms. The Morgan fingerprint density at radius 3 is 1.35 bits per heavy atom. The van der Waals surface area contributed by atoms with Crippen LogP contribution in [-0.2, 0) is 14.4 Å². The third-order valence-electron chi connectivity index (χ3n) is 7.28. The largest absolute Gasteiger partial charge is 0.550 e. The van der Waals surface area contributed by atoms with Crippen molar-refractivity contribution in [1.29, 1.82) is 0 Å². The first-order valence-electron chi connectivity index (χ1n) is 14.9. The molecule has 0 aromatic heterocycles. The maximum atomic E-state index is 11.1. The molecular weight excluding hydrogens is 470 g/mol. The normalized spacial score (nSPS) is 11.8. The number of carboxylic acid groups (broad SMARTS) is 3. The first kappa shape index (κ1) is 35.1. The summed E-state index contributed by atoms with van der Waals surface area (Å²) in [5.41, 5.74) is 0. The summed E-state index contributed by atoms with van der Waals surface area (Å²) in [5, 5.41) is 29.2. The highest BCUT2D eigenvalue weighted by molar-refractivity contribution is 5.67. The smallest absolute Gasteiger partial charge is 0.309 e. The van der Waals surface area contributed by atoms with Gasteiger partial charge in [0.05, 0.1) is 39.0 Å². The summed E-state index contributed by atoms with van der Waals surface area (Å²) in [7, 11) is 0. The van der Waals surface area contributed by atoms with Crippen LogP contribution in [0.4, 0.5) is 0 Å². The van der Waals surface area contributed by atoms with Gasteiger partial charge in [-0.1, -0.05) is 89.7 Å². The molecule has 0 aliphatic heterocycles. The number of rotatable bonds is 28.